The number of rotatable bonds is 2. The standard InChI is InChI=1S/C12H16Cl2N2/c1-2-16-6-5-11(15)12(16)9-4-3-8(13)7-10(9)14/h3-4,7,11-12H,2,5-6,15H2,1H3. The predicted octanol–water partition coefficient (Wildman–Crippen LogP) is 3.09. The molecule has 2 N–H and O–H groups in total. The lowest BCUT2D eigenvalue weighted by atomic mass is 10.0. The van der Waals surface area contributed by atoms with Gasteiger partial charge >= 0.3 is 0 Å². The van der Waals surface area contributed by atoms with Gasteiger partial charge in [-0.1, -0.05) is 36.2 Å². The van der Waals surface area contributed by atoms with Crippen molar-refractivity contribution < 1.29 is 0 Å². The van der Waals surface area contributed by atoms with Crippen molar-refractivity contribution in [2.75, 3.05) is 13.1 Å². The van der Waals surface area contributed by atoms with Crippen LogP contribution in [0.25, 0.3) is 0 Å². The summed E-state index contributed by atoms with van der Waals surface area (Å²) in [5.41, 5.74) is 7.25. The lowest BCUT2D eigenvalue weighted by Gasteiger charge is -2.26. The molecular formula is C12H16Cl2N2. The number of hydrogen-bond donors (Lipinski definition) is 1. The first kappa shape index (κ1) is 12.2. The Balaban J connectivity index is 2.34. The molecule has 2 atom stereocenters. The molecule has 88 valence electrons. The fourth-order valence-corrected chi connectivity index (χ4v) is 2.93. The summed E-state index contributed by atoms with van der Waals surface area (Å²) in [4.78, 5) is 2.36. The molecule has 4 heteroatoms. The maximum atomic E-state index is 6.23. The van der Waals surface area contributed by atoms with Gasteiger partial charge in [0, 0.05) is 22.6 Å². The summed E-state index contributed by atoms with van der Waals surface area (Å²) < 4.78 is 0. The highest BCUT2D eigenvalue weighted by Gasteiger charge is 2.32. The van der Waals surface area contributed by atoms with Crippen molar-refractivity contribution in [2.24, 2.45) is 5.73 Å². The predicted molar refractivity (Wildman–Crippen MR) is 69.0 cm³/mol. The van der Waals surface area contributed by atoms with Crippen LogP contribution in [0.5, 0.6) is 0 Å². The van der Waals surface area contributed by atoms with Crippen LogP contribution in [-0.4, -0.2) is 24.0 Å². The van der Waals surface area contributed by atoms with E-state index < -0.39 is 0 Å². The van der Waals surface area contributed by atoms with E-state index in [4.69, 9.17) is 28.9 Å². The van der Waals surface area contributed by atoms with Crippen LogP contribution in [-0.2, 0) is 0 Å². The van der Waals surface area contributed by atoms with Crippen LogP contribution < -0.4 is 5.73 Å². The van der Waals surface area contributed by atoms with Gasteiger partial charge in [0.25, 0.3) is 0 Å². The van der Waals surface area contributed by atoms with Gasteiger partial charge in [-0.2, -0.15) is 0 Å². The number of likely N-dealkylation sites (tertiary alicyclic amines) is 1. The maximum Gasteiger partial charge on any atom is 0.0514 e. The van der Waals surface area contributed by atoms with E-state index in [9.17, 15) is 0 Å². The number of nitrogens with two attached hydrogens (primary N) is 1. The SMILES string of the molecule is CCN1CCC(N)C1c1ccc(Cl)cc1Cl. The van der Waals surface area contributed by atoms with Gasteiger partial charge in [0.2, 0.25) is 0 Å². The number of nitrogens with zero attached hydrogens (tertiary/aromatic N) is 1. The van der Waals surface area contributed by atoms with Gasteiger partial charge in [0.05, 0.1) is 6.04 Å². The Hall–Kier alpha value is -0.280. The first-order chi connectivity index (χ1) is 7.63. The molecular weight excluding hydrogens is 243 g/mol. The molecule has 0 bridgehead atoms. The second kappa shape index (κ2) is 4.92. The van der Waals surface area contributed by atoms with E-state index >= 15 is 0 Å². The molecule has 1 heterocycles. The van der Waals surface area contributed by atoms with Crippen molar-refractivity contribution in [1.82, 2.24) is 4.90 Å². The van der Waals surface area contributed by atoms with E-state index in [2.05, 4.69) is 11.8 Å². The third-order valence-electron chi connectivity index (χ3n) is 3.24. The molecule has 0 spiro atoms. The van der Waals surface area contributed by atoms with E-state index in [0.717, 1.165) is 25.1 Å². The number of benzene rings is 1. The first-order valence-corrected chi connectivity index (χ1v) is 6.33. The molecule has 1 fully saturated rings. The average Bonchev–Trinajstić information content (AvgIpc) is 2.60. The molecule has 1 aliphatic heterocycles. The molecule has 1 saturated heterocycles. The van der Waals surface area contributed by atoms with Gasteiger partial charge in [-0.05, 0) is 30.7 Å². The van der Waals surface area contributed by atoms with Crippen molar-refractivity contribution in [3.63, 3.8) is 0 Å². The third kappa shape index (κ3) is 2.21. The Bertz CT molecular complexity index is 381. The van der Waals surface area contributed by atoms with Gasteiger partial charge in [0.1, 0.15) is 0 Å². The van der Waals surface area contributed by atoms with E-state index in [1.807, 2.05) is 12.1 Å². The summed E-state index contributed by atoms with van der Waals surface area (Å²) in [5, 5.41) is 1.39. The molecule has 16 heavy (non-hydrogen) atoms. The van der Waals surface area contributed by atoms with Crippen LogP contribution >= 0.6 is 23.2 Å². The Labute approximate surface area is 106 Å². The number of halogens is 2. The maximum absolute atomic E-state index is 6.23. The highest BCUT2D eigenvalue weighted by molar-refractivity contribution is 6.35. The second-order valence-electron chi connectivity index (χ2n) is 4.19. The average molecular weight is 259 g/mol. The minimum absolute atomic E-state index is 0.165. The molecule has 1 aromatic carbocycles. The van der Waals surface area contributed by atoms with Crippen molar-refractivity contribution in [3.8, 4) is 0 Å². The van der Waals surface area contributed by atoms with Crippen molar-refractivity contribution in [1.29, 1.82) is 0 Å². The fraction of sp³-hybridized carbons (Fsp3) is 0.500. The molecule has 1 aliphatic rings. The zero-order chi connectivity index (χ0) is 11.7. The highest BCUT2D eigenvalue weighted by Crippen LogP contribution is 2.35. The van der Waals surface area contributed by atoms with E-state index in [0.29, 0.717) is 10.0 Å². The quantitative estimate of drug-likeness (QED) is 0.884. The molecule has 0 aliphatic carbocycles. The third-order valence-corrected chi connectivity index (χ3v) is 3.80. The van der Waals surface area contributed by atoms with Gasteiger partial charge < -0.3 is 5.73 Å². The molecule has 2 nitrogen and oxygen atoms in total. The first-order valence-electron chi connectivity index (χ1n) is 5.58. The zero-order valence-electron chi connectivity index (χ0n) is 9.29. The van der Waals surface area contributed by atoms with Gasteiger partial charge in [-0.15, -0.1) is 0 Å². The van der Waals surface area contributed by atoms with Gasteiger partial charge in [0.15, 0.2) is 0 Å². The summed E-state index contributed by atoms with van der Waals surface area (Å²) in [6.45, 7) is 4.19. The van der Waals surface area contributed by atoms with Crippen LogP contribution in [0.3, 0.4) is 0 Å². The number of hydrogen-bond acceptors (Lipinski definition) is 2. The van der Waals surface area contributed by atoms with Crippen LogP contribution in [0, 0.1) is 0 Å². The minimum atomic E-state index is 0.165. The van der Waals surface area contributed by atoms with E-state index in [1.165, 1.54) is 0 Å². The fourth-order valence-electron chi connectivity index (χ4n) is 2.41. The molecule has 0 amide bonds. The summed E-state index contributed by atoms with van der Waals surface area (Å²) in [7, 11) is 0. The van der Waals surface area contributed by atoms with Crippen LogP contribution in [0.4, 0.5) is 0 Å². The van der Waals surface area contributed by atoms with Crippen LogP contribution in [0.15, 0.2) is 18.2 Å². The highest BCUT2D eigenvalue weighted by atomic mass is 35.5. The van der Waals surface area contributed by atoms with E-state index in [-0.39, 0.29) is 12.1 Å². The second-order valence-corrected chi connectivity index (χ2v) is 5.04. The smallest absolute Gasteiger partial charge is 0.0514 e. The molecule has 0 aromatic heterocycles. The minimum Gasteiger partial charge on any atom is -0.326 e. The van der Waals surface area contributed by atoms with Crippen LogP contribution in [0.2, 0.25) is 10.0 Å². The monoisotopic (exact) mass is 258 g/mol. The zero-order valence-corrected chi connectivity index (χ0v) is 10.8. The molecule has 0 radical (unpaired) electrons. The number of likely N-dealkylation sites (N-methyl/N-ethyl adjacent to an activating group) is 1. The molecule has 2 rings (SSSR count). The van der Waals surface area contributed by atoms with Crippen LogP contribution in [0.1, 0.15) is 24.9 Å². The Kier molecular flexibility index (Phi) is 3.75. The van der Waals surface area contributed by atoms with Crippen molar-refractivity contribution in [2.45, 2.75) is 25.4 Å². The summed E-state index contributed by atoms with van der Waals surface area (Å²) in [6.07, 6.45) is 1.03. The molecule has 1 aromatic rings. The Morgan fingerprint density at radius 2 is 2.19 bits per heavy atom. The topological polar surface area (TPSA) is 29.3 Å². The molecule has 2 unspecified atom stereocenters. The lowest BCUT2D eigenvalue weighted by molar-refractivity contribution is 0.261. The van der Waals surface area contributed by atoms with Gasteiger partial charge in [-0.25, -0.2) is 0 Å². The Morgan fingerprint density at radius 3 is 2.81 bits per heavy atom. The summed E-state index contributed by atoms with van der Waals surface area (Å²) in [6, 6.07) is 6.05. The normalized spacial score (nSPS) is 26.2. The largest absolute Gasteiger partial charge is 0.326 e. The summed E-state index contributed by atoms with van der Waals surface area (Å²) in [5.74, 6) is 0. The summed E-state index contributed by atoms with van der Waals surface area (Å²) >= 11 is 12.1. The van der Waals surface area contributed by atoms with Gasteiger partial charge in [-0.3, -0.25) is 4.90 Å². The molecule has 0 saturated carbocycles. The lowest BCUT2D eigenvalue weighted by Crippen LogP contribution is -2.31. The Morgan fingerprint density at radius 1 is 1.44 bits per heavy atom. The van der Waals surface area contributed by atoms with Crippen molar-refractivity contribution in [3.05, 3.63) is 33.8 Å². The van der Waals surface area contributed by atoms with E-state index in [1.54, 1.807) is 6.07 Å². The van der Waals surface area contributed by atoms with Crippen molar-refractivity contribution >= 4 is 23.2 Å².